The average molecular weight is 1790 g/mol. The van der Waals surface area contributed by atoms with Crippen molar-refractivity contribution < 1.29 is 91.9 Å². The summed E-state index contributed by atoms with van der Waals surface area (Å²) < 4.78 is 152. The minimum absolute atomic E-state index is 0.0260. The molecule has 0 atom stereocenters. The Kier molecular flexibility index (Phi) is 32.4. The highest BCUT2D eigenvalue weighted by Crippen LogP contribution is 2.38. The fourth-order valence-electron chi connectivity index (χ4n) is 11.1. The number of terminal acetylenes is 1. The van der Waals surface area contributed by atoms with Crippen molar-refractivity contribution in [1.29, 1.82) is 0 Å². The number of benzene rings is 8. The van der Waals surface area contributed by atoms with Gasteiger partial charge in [0.15, 0.2) is 28.8 Å². The van der Waals surface area contributed by atoms with E-state index in [0.29, 0.717) is 62.7 Å². The molecule has 0 radical (unpaired) electrons. The van der Waals surface area contributed by atoms with E-state index in [1.165, 1.54) is 136 Å². The van der Waals surface area contributed by atoms with Crippen molar-refractivity contribution in [3.8, 4) is 75.6 Å². The Hall–Kier alpha value is -17.0. The summed E-state index contributed by atoms with van der Waals surface area (Å²) in [6.45, 7) is 7.98. The van der Waals surface area contributed by atoms with Gasteiger partial charge in [0.2, 0.25) is 5.82 Å². The third kappa shape index (κ3) is 29.3. The number of hydrogen-bond donors (Lipinski definition) is 5. The van der Waals surface area contributed by atoms with Crippen LogP contribution in [0.4, 0.5) is 68.0 Å². The van der Waals surface area contributed by atoms with E-state index in [9.17, 15) is 63.5 Å². The number of pyridine rings is 4. The molecule has 36 heteroatoms. The summed E-state index contributed by atoms with van der Waals surface area (Å²) in [7, 11) is 0. The Morgan fingerprint density at radius 1 is 0.369 bits per heavy atom. The van der Waals surface area contributed by atoms with Crippen molar-refractivity contribution in [3.63, 3.8) is 0 Å². The number of carbonyl (C=O) groups is 5. The topological polar surface area (TPSA) is 330 Å². The molecule has 15 aromatic rings. The second-order valence-electron chi connectivity index (χ2n) is 27.0. The molecule has 8 aromatic carbocycles. The van der Waals surface area contributed by atoms with Crippen LogP contribution in [0.2, 0.25) is 5.02 Å². The van der Waals surface area contributed by atoms with Gasteiger partial charge in [-0.25, -0.2) is 38.7 Å². The van der Waals surface area contributed by atoms with Gasteiger partial charge in [-0.1, -0.05) is 77.2 Å². The van der Waals surface area contributed by atoms with Gasteiger partial charge in [0.05, 0.1) is 72.3 Å². The first-order chi connectivity index (χ1) is 62.4. The summed E-state index contributed by atoms with van der Waals surface area (Å²) >= 11 is 5.89. The van der Waals surface area contributed by atoms with Crippen LogP contribution in [0.5, 0.6) is 63.2 Å². The lowest BCUT2D eigenvalue weighted by Gasteiger charge is -2.13. The van der Waals surface area contributed by atoms with Crippen LogP contribution in [-0.2, 0) is 12.4 Å². The zero-order valence-electron chi connectivity index (χ0n) is 68.3. The summed E-state index contributed by atoms with van der Waals surface area (Å²) in [4.78, 5) is 99.5. The number of rotatable bonds is 22. The molecule has 0 bridgehead atoms. The maximum atomic E-state index is 13.9. The molecule has 7 heterocycles. The fraction of sp³-hybridized carbons (Fsp3) is 0.0745. The average Bonchev–Trinajstić information content (AvgIpc) is 0.821. The number of anilines is 5. The Morgan fingerprint density at radius 3 is 1.35 bits per heavy atom. The lowest BCUT2D eigenvalue weighted by Crippen LogP contribution is -2.14. The molecule has 15 rings (SSSR count). The molecule has 26 nitrogen and oxygen atoms in total. The molecule has 130 heavy (non-hydrogen) atoms. The third-order valence-electron chi connectivity index (χ3n) is 16.8. The predicted octanol–water partition coefficient (Wildman–Crippen LogP) is 22.0. The fourth-order valence-corrected chi connectivity index (χ4v) is 11.2. The van der Waals surface area contributed by atoms with Crippen LogP contribution in [0.3, 0.4) is 0 Å². The van der Waals surface area contributed by atoms with Gasteiger partial charge in [-0.05, 0) is 136 Å². The molecule has 0 saturated carbocycles. The molecular weight excluding hydrogens is 1720 g/mol. The molecule has 0 saturated heterocycles. The molecular formula is C94H69ClF9N15O11. The van der Waals surface area contributed by atoms with Gasteiger partial charge in [-0.3, -0.25) is 43.9 Å². The molecule has 0 fully saturated rings. The molecule has 0 unspecified atom stereocenters. The third-order valence-corrected chi connectivity index (χ3v) is 17.0. The highest BCUT2D eigenvalue weighted by molar-refractivity contribution is 6.30. The normalized spacial score (nSPS) is 10.6. The van der Waals surface area contributed by atoms with Crippen LogP contribution >= 0.6 is 11.6 Å². The van der Waals surface area contributed by atoms with Crippen LogP contribution in [0.25, 0.3) is 0 Å². The lowest BCUT2D eigenvalue weighted by atomic mass is 10.1. The van der Waals surface area contributed by atoms with Crippen LogP contribution in [0.1, 0.15) is 92.4 Å². The number of hydrogen-bond acceptors (Lipinski definition) is 21. The van der Waals surface area contributed by atoms with Crippen molar-refractivity contribution in [2.45, 2.75) is 40.0 Å². The molecule has 7 aromatic heterocycles. The molecule has 5 amide bonds. The van der Waals surface area contributed by atoms with Crippen molar-refractivity contribution in [1.82, 2.24) is 49.8 Å². The minimum Gasteiger partial charge on any atom is -0.494 e. The summed E-state index contributed by atoms with van der Waals surface area (Å²) in [6, 6.07) is 52.0. The van der Waals surface area contributed by atoms with Crippen LogP contribution in [-0.4, -0.2) is 86.0 Å². The number of carbonyl (C=O) groups excluding carboxylic acids is 5. The molecule has 0 aliphatic carbocycles. The Balaban J connectivity index is 0.000000157. The predicted molar refractivity (Wildman–Crippen MR) is 463 cm³/mol. The number of nitrogens with zero attached hydrogens (tertiary/aromatic N) is 10. The largest absolute Gasteiger partial charge is 0.494 e. The highest BCUT2D eigenvalue weighted by atomic mass is 35.5. The van der Waals surface area contributed by atoms with E-state index in [1.54, 1.807) is 103 Å². The number of aromatic nitrogens is 10. The van der Waals surface area contributed by atoms with Gasteiger partial charge >= 0.3 is 12.4 Å². The first-order valence-corrected chi connectivity index (χ1v) is 38.6. The Labute approximate surface area is 740 Å². The van der Waals surface area contributed by atoms with Gasteiger partial charge in [-0.2, -0.15) is 30.7 Å². The van der Waals surface area contributed by atoms with E-state index >= 15 is 0 Å². The smallest absolute Gasteiger partial charge is 0.418 e. The molecule has 0 aliphatic rings. The van der Waals surface area contributed by atoms with E-state index < -0.39 is 64.4 Å². The zero-order chi connectivity index (χ0) is 92.7. The number of amides is 5. The first kappa shape index (κ1) is 93.7. The Morgan fingerprint density at radius 2 is 0.823 bits per heavy atom. The van der Waals surface area contributed by atoms with Gasteiger partial charge < -0.3 is 55.0 Å². The van der Waals surface area contributed by atoms with Crippen molar-refractivity contribution in [2.75, 3.05) is 33.2 Å². The van der Waals surface area contributed by atoms with Crippen molar-refractivity contribution >= 4 is 69.6 Å². The zero-order valence-corrected chi connectivity index (χ0v) is 69.1. The van der Waals surface area contributed by atoms with E-state index in [1.807, 2.05) is 52.0 Å². The van der Waals surface area contributed by atoms with Crippen molar-refractivity contribution in [3.05, 3.63) is 384 Å². The Bertz CT molecular complexity index is 6520. The number of ether oxygens (including phenoxy) is 6. The van der Waals surface area contributed by atoms with E-state index in [2.05, 4.69) is 82.3 Å². The lowest BCUT2D eigenvalue weighted by molar-refractivity contribution is -0.138. The maximum absolute atomic E-state index is 13.9. The summed E-state index contributed by atoms with van der Waals surface area (Å²) in [5.41, 5.74) is 4.39. The van der Waals surface area contributed by atoms with Gasteiger partial charge in [0, 0.05) is 130 Å². The number of halogens is 10. The quantitative estimate of drug-likeness (QED) is 0.0311. The number of aryl methyl sites for hydroxylation is 3. The molecule has 656 valence electrons. The van der Waals surface area contributed by atoms with E-state index in [-0.39, 0.29) is 80.3 Å². The second kappa shape index (κ2) is 45.0. The summed E-state index contributed by atoms with van der Waals surface area (Å²) in [5.74, 6) is -0.466. The van der Waals surface area contributed by atoms with Crippen LogP contribution in [0.15, 0.2) is 300 Å². The summed E-state index contributed by atoms with van der Waals surface area (Å²) in [6.07, 6.45) is 16.2. The van der Waals surface area contributed by atoms with Crippen molar-refractivity contribution in [2.24, 2.45) is 0 Å². The minimum atomic E-state index is -4.63. The molecule has 5 N–H and O–H groups in total. The van der Waals surface area contributed by atoms with Crippen LogP contribution in [0, 0.1) is 50.6 Å². The standard InChI is InChI=1S/C20H12F3N3O2.C20H15F3N2O2.C19H15ClN2O2.C18H15FN4O3.C17H12F2N4O2/c1-2-13-4-3-5-14(6-13)19(27)26-16-7-15(20(21,22)23)8-17(9-16)28-18-10-24-12-25-11-18;1-13-4-2-5-14(8-13)19(26)25-16-6-3-7-17(10-16)27-18-9-15(11-24-12-18)20(21,22)23;1-13-4-2-5-14(8-13)19(23)22-16-6-3-7-17(10-16)24-18-9-15(20)11-21-12-18;1-2-25-14-3-4-22-17(8-14)18(24)23-13-5-12(19)6-15(7-13)26-16-9-20-11-21-10-16;1-10-2-3-14(22-6-10)17(24)23-11-4-13(18)16(19)15(5-11)25-12-7-20-9-21-8-12/h1,3-12H,(H,26,27);2-12H,1H3,(H,25,26);2-12H,1H3,(H,22,23);3-11H,2H2,1H3,(H,23,24);2-9H,1H3,(H,23,24). The van der Waals surface area contributed by atoms with Gasteiger partial charge in [-0.15, -0.1) is 6.42 Å². The SMILES string of the molecule is C#Cc1cccc(C(=O)Nc2cc(Oc3cncnc3)cc(C(F)(F)F)c2)c1.CCOc1ccnc(C(=O)Nc2cc(F)cc(Oc3cncnc3)c2)c1.Cc1ccc(C(=O)Nc2cc(F)c(F)c(Oc3cncnc3)c2)nc1.Cc1cccc(C(=O)Nc2cccc(Oc3cncc(C(F)(F)F)c3)c2)c1.Cc1cccc(C(=O)Nc2cccc(Oc3cncc(Cl)c3)c2)c1. The van der Waals surface area contributed by atoms with E-state index in [0.717, 1.165) is 53.2 Å². The second-order valence-corrected chi connectivity index (χ2v) is 27.4. The maximum Gasteiger partial charge on any atom is 0.418 e. The first-order valence-electron chi connectivity index (χ1n) is 38.2. The molecule has 0 aliphatic heterocycles. The summed E-state index contributed by atoms with van der Waals surface area (Å²) in [5, 5.41) is 13.6. The number of alkyl halides is 6. The van der Waals surface area contributed by atoms with Gasteiger partial charge in [0.1, 0.15) is 76.4 Å². The van der Waals surface area contributed by atoms with Crippen LogP contribution < -0.4 is 55.0 Å². The monoisotopic (exact) mass is 1790 g/mol. The van der Waals surface area contributed by atoms with Gasteiger partial charge in [0.25, 0.3) is 29.5 Å². The van der Waals surface area contributed by atoms with E-state index in [4.69, 9.17) is 46.4 Å². The molecule has 0 spiro atoms. The highest BCUT2D eigenvalue weighted by Gasteiger charge is 2.33. The number of nitrogens with one attached hydrogen (secondary N) is 5.